The van der Waals surface area contributed by atoms with E-state index in [4.69, 9.17) is 0 Å². The maximum absolute atomic E-state index is 9.26. The van der Waals surface area contributed by atoms with E-state index < -0.39 is 0 Å². The molecule has 0 aliphatic rings. The van der Waals surface area contributed by atoms with Crippen molar-refractivity contribution in [1.82, 2.24) is 15.3 Å². The van der Waals surface area contributed by atoms with Crippen molar-refractivity contribution in [3.8, 4) is 5.75 Å². The van der Waals surface area contributed by atoms with Crippen LogP contribution in [-0.4, -0.2) is 15.1 Å². The summed E-state index contributed by atoms with van der Waals surface area (Å²) in [5, 5.41) is 12.7. The third-order valence-electron chi connectivity index (χ3n) is 3.37. The monoisotopic (exact) mass is 267 g/mol. The molecule has 1 aromatic heterocycles. The SMILES string of the molecule is CC(NCc1ccc(O)cc1)c1nc2ccccc2[nH]1. The van der Waals surface area contributed by atoms with Gasteiger partial charge in [-0.2, -0.15) is 0 Å². The summed E-state index contributed by atoms with van der Waals surface area (Å²) in [6.07, 6.45) is 0. The van der Waals surface area contributed by atoms with E-state index in [9.17, 15) is 5.11 Å². The van der Waals surface area contributed by atoms with Crippen molar-refractivity contribution < 1.29 is 5.11 Å². The molecule has 0 aliphatic carbocycles. The lowest BCUT2D eigenvalue weighted by atomic mass is 10.2. The first-order chi connectivity index (χ1) is 9.72. The average Bonchev–Trinajstić information content (AvgIpc) is 2.90. The number of para-hydroxylation sites is 2. The zero-order chi connectivity index (χ0) is 13.9. The normalized spacial score (nSPS) is 12.7. The van der Waals surface area contributed by atoms with Gasteiger partial charge in [-0.05, 0) is 36.8 Å². The standard InChI is InChI=1S/C16H17N3O/c1-11(17-10-12-6-8-13(20)9-7-12)16-18-14-4-2-3-5-15(14)19-16/h2-9,11,17,20H,10H2,1H3,(H,18,19). The molecule has 1 atom stereocenters. The van der Waals surface area contributed by atoms with Gasteiger partial charge >= 0.3 is 0 Å². The van der Waals surface area contributed by atoms with Crippen molar-refractivity contribution in [2.45, 2.75) is 19.5 Å². The number of imidazole rings is 1. The zero-order valence-corrected chi connectivity index (χ0v) is 11.3. The number of H-pyrrole nitrogens is 1. The van der Waals surface area contributed by atoms with Crippen molar-refractivity contribution in [3.05, 3.63) is 59.9 Å². The molecule has 3 N–H and O–H groups in total. The number of phenols is 1. The number of aromatic amines is 1. The number of benzene rings is 2. The predicted molar refractivity (Wildman–Crippen MR) is 79.5 cm³/mol. The minimum atomic E-state index is 0.135. The number of phenolic OH excluding ortho intramolecular Hbond substituents is 1. The van der Waals surface area contributed by atoms with Gasteiger partial charge in [0.25, 0.3) is 0 Å². The molecule has 0 fully saturated rings. The van der Waals surface area contributed by atoms with Crippen LogP contribution in [0.5, 0.6) is 5.75 Å². The number of rotatable bonds is 4. The van der Waals surface area contributed by atoms with Gasteiger partial charge in [-0.3, -0.25) is 0 Å². The lowest BCUT2D eigenvalue weighted by Gasteiger charge is -2.11. The summed E-state index contributed by atoms with van der Waals surface area (Å²) in [6.45, 7) is 2.82. The van der Waals surface area contributed by atoms with Gasteiger partial charge in [0.2, 0.25) is 0 Å². The van der Waals surface area contributed by atoms with Gasteiger partial charge in [0.15, 0.2) is 0 Å². The van der Waals surface area contributed by atoms with Crippen LogP contribution in [0.15, 0.2) is 48.5 Å². The van der Waals surface area contributed by atoms with E-state index in [0.29, 0.717) is 5.75 Å². The summed E-state index contributed by atoms with van der Waals surface area (Å²) in [4.78, 5) is 7.91. The van der Waals surface area contributed by atoms with Crippen molar-refractivity contribution in [3.63, 3.8) is 0 Å². The highest BCUT2D eigenvalue weighted by atomic mass is 16.3. The average molecular weight is 267 g/mol. The van der Waals surface area contributed by atoms with E-state index in [1.807, 2.05) is 36.4 Å². The summed E-state index contributed by atoms with van der Waals surface area (Å²) in [5.74, 6) is 1.23. The fourth-order valence-corrected chi connectivity index (χ4v) is 2.16. The van der Waals surface area contributed by atoms with E-state index >= 15 is 0 Å². The number of aromatic hydroxyl groups is 1. The van der Waals surface area contributed by atoms with Gasteiger partial charge in [-0.25, -0.2) is 4.98 Å². The fourth-order valence-electron chi connectivity index (χ4n) is 2.16. The Labute approximate surface area is 117 Å². The lowest BCUT2D eigenvalue weighted by molar-refractivity contribution is 0.474. The summed E-state index contributed by atoms with van der Waals surface area (Å²) < 4.78 is 0. The van der Waals surface area contributed by atoms with Gasteiger partial charge in [0.05, 0.1) is 17.1 Å². The second-order valence-electron chi connectivity index (χ2n) is 4.91. The smallest absolute Gasteiger partial charge is 0.124 e. The fraction of sp³-hybridized carbons (Fsp3) is 0.188. The topological polar surface area (TPSA) is 60.9 Å². The predicted octanol–water partition coefficient (Wildman–Crippen LogP) is 3.12. The number of hydrogen-bond donors (Lipinski definition) is 3. The number of nitrogens with zero attached hydrogens (tertiary/aromatic N) is 1. The summed E-state index contributed by atoms with van der Waals surface area (Å²) >= 11 is 0. The molecule has 1 heterocycles. The molecule has 0 saturated heterocycles. The van der Waals surface area contributed by atoms with Crippen LogP contribution in [0.25, 0.3) is 11.0 Å². The molecule has 20 heavy (non-hydrogen) atoms. The molecular weight excluding hydrogens is 250 g/mol. The quantitative estimate of drug-likeness (QED) is 0.680. The largest absolute Gasteiger partial charge is 0.508 e. The summed E-state index contributed by atoms with van der Waals surface area (Å²) in [5.41, 5.74) is 3.17. The van der Waals surface area contributed by atoms with E-state index in [0.717, 1.165) is 29.0 Å². The molecule has 3 rings (SSSR count). The van der Waals surface area contributed by atoms with Crippen LogP contribution in [-0.2, 0) is 6.54 Å². The van der Waals surface area contributed by atoms with E-state index in [2.05, 4.69) is 22.2 Å². The first kappa shape index (κ1) is 12.7. The van der Waals surface area contributed by atoms with Crippen LogP contribution in [0.2, 0.25) is 0 Å². The first-order valence-electron chi connectivity index (χ1n) is 6.68. The Hall–Kier alpha value is -2.33. The van der Waals surface area contributed by atoms with Crippen LogP contribution >= 0.6 is 0 Å². The molecule has 0 radical (unpaired) electrons. The Morgan fingerprint density at radius 1 is 1.15 bits per heavy atom. The second-order valence-corrected chi connectivity index (χ2v) is 4.91. The summed E-state index contributed by atoms with van der Waals surface area (Å²) in [6, 6.07) is 15.4. The van der Waals surface area contributed by atoms with Gasteiger partial charge in [-0.15, -0.1) is 0 Å². The minimum absolute atomic E-state index is 0.135. The first-order valence-corrected chi connectivity index (χ1v) is 6.68. The zero-order valence-electron chi connectivity index (χ0n) is 11.3. The Bertz CT molecular complexity index is 670. The number of nitrogens with one attached hydrogen (secondary N) is 2. The Kier molecular flexibility index (Phi) is 3.39. The highest BCUT2D eigenvalue weighted by molar-refractivity contribution is 5.74. The highest BCUT2D eigenvalue weighted by Gasteiger charge is 2.09. The number of fused-ring (bicyclic) bond motifs is 1. The molecule has 0 amide bonds. The van der Waals surface area contributed by atoms with Gasteiger partial charge in [0.1, 0.15) is 11.6 Å². The van der Waals surface area contributed by atoms with E-state index in [1.165, 1.54) is 0 Å². The highest BCUT2D eigenvalue weighted by Crippen LogP contribution is 2.16. The maximum atomic E-state index is 9.26. The molecule has 0 saturated carbocycles. The Morgan fingerprint density at radius 2 is 1.90 bits per heavy atom. The third-order valence-corrected chi connectivity index (χ3v) is 3.37. The van der Waals surface area contributed by atoms with Gasteiger partial charge in [-0.1, -0.05) is 24.3 Å². The van der Waals surface area contributed by atoms with Crippen LogP contribution in [0.3, 0.4) is 0 Å². The van der Waals surface area contributed by atoms with E-state index in [1.54, 1.807) is 12.1 Å². The van der Waals surface area contributed by atoms with Crippen molar-refractivity contribution in [2.24, 2.45) is 0 Å². The summed E-state index contributed by atoms with van der Waals surface area (Å²) in [7, 11) is 0. The van der Waals surface area contributed by atoms with Crippen LogP contribution in [0.4, 0.5) is 0 Å². The molecule has 0 bridgehead atoms. The molecule has 3 aromatic rings. The molecule has 4 nitrogen and oxygen atoms in total. The lowest BCUT2D eigenvalue weighted by Crippen LogP contribution is -2.19. The molecule has 2 aromatic carbocycles. The van der Waals surface area contributed by atoms with E-state index in [-0.39, 0.29) is 6.04 Å². The van der Waals surface area contributed by atoms with Crippen molar-refractivity contribution >= 4 is 11.0 Å². The van der Waals surface area contributed by atoms with Crippen molar-refractivity contribution in [2.75, 3.05) is 0 Å². The second kappa shape index (κ2) is 5.35. The molecule has 0 spiro atoms. The Morgan fingerprint density at radius 3 is 2.65 bits per heavy atom. The molecular formula is C16H17N3O. The third kappa shape index (κ3) is 2.65. The minimum Gasteiger partial charge on any atom is -0.508 e. The van der Waals surface area contributed by atoms with Crippen LogP contribution < -0.4 is 5.32 Å². The maximum Gasteiger partial charge on any atom is 0.124 e. The van der Waals surface area contributed by atoms with Gasteiger partial charge < -0.3 is 15.4 Å². The molecule has 0 aliphatic heterocycles. The van der Waals surface area contributed by atoms with Crippen LogP contribution in [0.1, 0.15) is 24.4 Å². The Balaban J connectivity index is 1.69. The number of aromatic nitrogens is 2. The molecule has 1 unspecified atom stereocenters. The van der Waals surface area contributed by atoms with Crippen LogP contribution in [0, 0.1) is 0 Å². The molecule has 102 valence electrons. The number of hydrogen-bond acceptors (Lipinski definition) is 3. The van der Waals surface area contributed by atoms with Gasteiger partial charge in [0, 0.05) is 6.54 Å². The molecule has 4 heteroatoms. The van der Waals surface area contributed by atoms with Crippen molar-refractivity contribution in [1.29, 1.82) is 0 Å².